The molecule has 4 aromatic rings. The number of aromatic nitrogens is 3. The summed E-state index contributed by atoms with van der Waals surface area (Å²) >= 11 is 1.42. The quantitative estimate of drug-likeness (QED) is 0.509. The van der Waals surface area contributed by atoms with Gasteiger partial charge in [-0.2, -0.15) is 0 Å². The number of carbonyl (C=O) groups is 1. The standard InChI is InChI=1S/C20H15FN4O3S/c1-12-5-6-16(28-12)19-23-15(20-22-7-8-29-20)10-17(25-19)24-18(26)11-27-14-4-2-3-13(21)9-14/h2-10H,11H2,1H3,(H,23,24,25,26). The Morgan fingerprint density at radius 3 is 2.86 bits per heavy atom. The molecular formula is C20H15FN4O3S. The van der Waals surface area contributed by atoms with Crippen molar-refractivity contribution in [3.8, 4) is 28.0 Å². The van der Waals surface area contributed by atoms with E-state index in [0.717, 1.165) is 5.76 Å². The van der Waals surface area contributed by atoms with Crippen molar-refractivity contribution in [2.45, 2.75) is 6.92 Å². The molecule has 0 aliphatic rings. The molecule has 3 aromatic heterocycles. The number of halogens is 1. The van der Waals surface area contributed by atoms with Crippen LogP contribution < -0.4 is 10.1 Å². The lowest BCUT2D eigenvalue weighted by molar-refractivity contribution is -0.118. The largest absolute Gasteiger partial charge is 0.484 e. The molecule has 0 saturated heterocycles. The minimum absolute atomic E-state index is 0.262. The van der Waals surface area contributed by atoms with E-state index < -0.39 is 11.7 Å². The van der Waals surface area contributed by atoms with Crippen molar-refractivity contribution in [2.75, 3.05) is 11.9 Å². The molecule has 4 rings (SSSR count). The van der Waals surface area contributed by atoms with Crippen LogP contribution in [-0.4, -0.2) is 27.5 Å². The summed E-state index contributed by atoms with van der Waals surface area (Å²) in [6.45, 7) is 1.52. The Labute approximate surface area is 169 Å². The third-order valence-electron chi connectivity index (χ3n) is 3.77. The number of hydrogen-bond donors (Lipinski definition) is 1. The molecule has 0 aliphatic heterocycles. The van der Waals surface area contributed by atoms with Gasteiger partial charge >= 0.3 is 0 Å². The van der Waals surface area contributed by atoms with Gasteiger partial charge in [-0.3, -0.25) is 4.79 Å². The molecule has 9 heteroatoms. The third-order valence-corrected chi connectivity index (χ3v) is 4.57. The van der Waals surface area contributed by atoms with Crippen molar-refractivity contribution in [3.63, 3.8) is 0 Å². The number of thiazole rings is 1. The molecule has 0 radical (unpaired) electrons. The van der Waals surface area contributed by atoms with Gasteiger partial charge in [0.25, 0.3) is 5.91 Å². The zero-order chi connectivity index (χ0) is 20.2. The first kappa shape index (κ1) is 18.8. The second-order valence-electron chi connectivity index (χ2n) is 6.00. The molecular weight excluding hydrogens is 395 g/mol. The van der Waals surface area contributed by atoms with Gasteiger partial charge in [-0.1, -0.05) is 6.07 Å². The van der Waals surface area contributed by atoms with E-state index >= 15 is 0 Å². The molecule has 1 aromatic carbocycles. The molecule has 0 fully saturated rings. The number of aryl methyl sites for hydroxylation is 1. The number of benzene rings is 1. The maximum Gasteiger partial charge on any atom is 0.263 e. The van der Waals surface area contributed by atoms with Gasteiger partial charge in [-0.25, -0.2) is 19.3 Å². The lowest BCUT2D eigenvalue weighted by Gasteiger charge is -2.09. The topological polar surface area (TPSA) is 90.1 Å². The van der Waals surface area contributed by atoms with Crippen LogP contribution in [0.2, 0.25) is 0 Å². The number of nitrogens with zero attached hydrogens (tertiary/aromatic N) is 3. The first-order chi connectivity index (χ1) is 14.1. The molecule has 29 heavy (non-hydrogen) atoms. The predicted molar refractivity (Wildman–Crippen MR) is 106 cm³/mol. The number of ether oxygens (including phenoxy) is 1. The molecule has 0 unspecified atom stereocenters. The van der Waals surface area contributed by atoms with Crippen molar-refractivity contribution in [3.05, 3.63) is 65.6 Å². The van der Waals surface area contributed by atoms with Crippen molar-refractivity contribution < 1.29 is 18.3 Å². The van der Waals surface area contributed by atoms with E-state index in [1.54, 1.807) is 30.5 Å². The van der Waals surface area contributed by atoms with Gasteiger partial charge in [-0.15, -0.1) is 11.3 Å². The number of hydrogen-bond acceptors (Lipinski definition) is 7. The van der Waals surface area contributed by atoms with E-state index in [2.05, 4.69) is 20.3 Å². The number of anilines is 1. The number of carbonyl (C=O) groups excluding carboxylic acids is 1. The van der Waals surface area contributed by atoms with Gasteiger partial charge in [0, 0.05) is 23.7 Å². The fourth-order valence-corrected chi connectivity index (χ4v) is 3.12. The highest BCUT2D eigenvalue weighted by Crippen LogP contribution is 2.26. The lowest BCUT2D eigenvalue weighted by atomic mass is 10.3. The highest BCUT2D eigenvalue weighted by molar-refractivity contribution is 7.13. The Balaban J connectivity index is 1.55. The van der Waals surface area contributed by atoms with E-state index in [1.165, 1.54) is 29.5 Å². The SMILES string of the molecule is Cc1ccc(-c2nc(NC(=O)COc3cccc(F)c3)cc(-c3nccs3)n2)o1. The maximum atomic E-state index is 13.2. The smallest absolute Gasteiger partial charge is 0.263 e. The molecule has 0 aliphatic carbocycles. The minimum atomic E-state index is -0.445. The van der Waals surface area contributed by atoms with Crippen LogP contribution in [0.25, 0.3) is 22.3 Å². The fraction of sp³-hybridized carbons (Fsp3) is 0.100. The molecule has 146 valence electrons. The predicted octanol–water partition coefficient (Wildman–Crippen LogP) is 4.33. The highest BCUT2D eigenvalue weighted by atomic mass is 32.1. The zero-order valence-electron chi connectivity index (χ0n) is 15.3. The Kier molecular flexibility index (Phi) is 5.30. The molecule has 0 bridgehead atoms. The third kappa shape index (κ3) is 4.64. The van der Waals surface area contributed by atoms with E-state index in [4.69, 9.17) is 9.15 Å². The number of rotatable bonds is 6. The summed E-state index contributed by atoms with van der Waals surface area (Å²) in [4.78, 5) is 25.4. The maximum absolute atomic E-state index is 13.2. The van der Waals surface area contributed by atoms with Gasteiger partial charge in [0.2, 0.25) is 0 Å². The van der Waals surface area contributed by atoms with Gasteiger partial charge in [-0.05, 0) is 31.2 Å². The van der Waals surface area contributed by atoms with Crippen LogP contribution in [0.4, 0.5) is 10.2 Å². The van der Waals surface area contributed by atoms with Crippen LogP contribution in [0.3, 0.4) is 0 Å². The summed E-state index contributed by atoms with van der Waals surface area (Å²) in [5, 5.41) is 5.19. The number of amides is 1. The number of furan rings is 1. The van der Waals surface area contributed by atoms with Crippen LogP contribution in [-0.2, 0) is 4.79 Å². The van der Waals surface area contributed by atoms with Crippen molar-refractivity contribution in [1.82, 2.24) is 15.0 Å². The second kappa shape index (κ2) is 8.19. The summed E-state index contributed by atoms with van der Waals surface area (Å²) in [6, 6.07) is 10.8. The highest BCUT2D eigenvalue weighted by Gasteiger charge is 2.14. The van der Waals surface area contributed by atoms with Gasteiger partial charge in [0.15, 0.2) is 18.2 Å². The molecule has 0 atom stereocenters. The Morgan fingerprint density at radius 1 is 1.24 bits per heavy atom. The minimum Gasteiger partial charge on any atom is -0.484 e. The Bertz CT molecular complexity index is 1140. The van der Waals surface area contributed by atoms with Crippen molar-refractivity contribution in [2.24, 2.45) is 0 Å². The van der Waals surface area contributed by atoms with Crippen LogP contribution in [0.15, 0.2) is 58.5 Å². The molecule has 0 saturated carbocycles. The normalized spacial score (nSPS) is 10.7. The van der Waals surface area contributed by atoms with Crippen molar-refractivity contribution >= 4 is 23.1 Å². The van der Waals surface area contributed by atoms with Crippen molar-refractivity contribution in [1.29, 1.82) is 0 Å². The Hall–Kier alpha value is -3.59. The monoisotopic (exact) mass is 410 g/mol. The van der Waals surface area contributed by atoms with Gasteiger partial charge in [0.05, 0.1) is 0 Å². The van der Waals surface area contributed by atoms with Crippen LogP contribution >= 0.6 is 11.3 Å². The lowest BCUT2D eigenvalue weighted by Crippen LogP contribution is -2.21. The van der Waals surface area contributed by atoms with Crippen LogP contribution in [0, 0.1) is 12.7 Å². The van der Waals surface area contributed by atoms with E-state index in [9.17, 15) is 9.18 Å². The first-order valence-electron chi connectivity index (χ1n) is 8.61. The van der Waals surface area contributed by atoms with Crippen LogP contribution in [0.1, 0.15) is 5.76 Å². The average molecular weight is 410 g/mol. The summed E-state index contributed by atoms with van der Waals surface area (Å²) in [7, 11) is 0. The number of nitrogens with one attached hydrogen (secondary N) is 1. The molecule has 1 amide bonds. The molecule has 7 nitrogen and oxygen atoms in total. The van der Waals surface area contributed by atoms with E-state index in [-0.39, 0.29) is 18.2 Å². The summed E-state index contributed by atoms with van der Waals surface area (Å²) in [6.07, 6.45) is 1.67. The summed E-state index contributed by atoms with van der Waals surface area (Å²) in [5.41, 5.74) is 0.556. The van der Waals surface area contributed by atoms with E-state index in [1.807, 2.05) is 12.3 Å². The first-order valence-corrected chi connectivity index (χ1v) is 9.49. The zero-order valence-corrected chi connectivity index (χ0v) is 16.1. The fourth-order valence-electron chi connectivity index (χ4n) is 2.52. The molecule has 3 heterocycles. The Morgan fingerprint density at radius 2 is 2.14 bits per heavy atom. The molecule has 0 spiro atoms. The average Bonchev–Trinajstić information content (AvgIpc) is 3.38. The molecule has 1 N–H and O–H groups in total. The van der Waals surface area contributed by atoms with Gasteiger partial charge < -0.3 is 14.5 Å². The second-order valence-corrected chi connectivity index (χ2v) is 6.90. The van der Waals surface area contributed by atoms with Gasteiger partial charge in [0.1, 0.15) is 33.8 Å². The van der Waals surface area contributed by atoms with Crippen LogP contribution in [0.5, 0.6) is 5.75 Å². The summed E-state index contributed by atoms with van der Waals surface area (Å²) in [5.74, 6) is 1.18. The summed E-state index contributed by atoms with van der Waals surface area (Å²) < 4.78 is 24.1. The van der Waals surface area contributed by atoms with E-state index in [0.29, 0.717) is 22.3 Å².